The summed E-state index contributed by atoms with van der Waals surface area (Å²) in [7, 11) is 0. The number of aromatic nitrogens is 4. The van der Waals surface area contributed by atoms with E-state index in [0.29, 0.717) is 12.5 Å². The Hall–Kier alpha value is -2.95. The molecule has 2 aromatic carbocycles. The summed E-state index contributed by atoms with van der Waals surface area (Å²) in [6.45, 7) is 0.691. The van der Waals surface area contributed by atoms with E-state index >= 15 is 0 Å². The minimum absolute atomic E-state index is 0.652. The summed E-state index contributed by atoms with van der Waals surface area (Å²) in [6, 6.07) is 18.2. The number of hydrogen-bond donors (Lipinski definition) is 1. The van der Waals surface area contributed by atoms with E-state index in [9.17, 15) is 0 Å². The summed E-state index contributed by atoms with van der Waals surface area (Å²) >= 11 is 0. The highest BCUT2D eigenvalue weighted by atomic mass is 15.4. The molecule has 5 heteroatoms. The molecule has 0 unspecified atom stereocenters. The number of benzene rings is 2. The summed E-state index contributed by atoms with van der Waals surface area (Å²) in [5.41, 5.74) is 1.96. The van der Waals surface area contributed by atoms with Gasteiger partial charge in [0.2, 0.25) is 5.95 Å². The standard InChI is InChI=1S/C16H13N5/c1-2-6-12(7-3-1)10-17-16-20-19-15-14-9-5-4-8-13(14)11-18-21(15)16/h1-9,11H,10H2,(H,17,20). The van der Waals surface area contributed by atoms with E-state index < -0.39 is 0 Å². The van der Waals surface area contributed by atoms with Crippen molar-refractivity contribution in [3.05, 3.63) is 66.4 Å². The summed E-state index contributed by atoms with van der Waals surface area (Å²) in [4.78, 5) is 0. The molecule has 0 fully saturated rings. The summed E-state index contributed by atoms with van der Waals surface area (Å²) < 4.78 is 1.74. The molecule has 102 valence electrons. The molecule has 2 aromatic heterocycles. The van der Waals surface area contributed by atoms with Crippen molar-refractivity contribution >= 4 is 22.4 Å². The molecule has 2 heterocycles. The number of fused-ring (bicyclic) bond motifs is 3. The van der Waals surface area contributed by atoms with Gasteiger partial charge in [0.1, 0.15) is 0 Å². The average molecular weight is 275 g/mol. The second-order valence-corrected chi connectivity index (χ2v) is 4.83. The molecule has 0 bridgehead atoms. The van der Waals surface area contributed by atoms with Gasteiger partial charge in [-0.05, 0) is 5.56 Å². The number of rotatable bonds is 3. The van der Waals surface area contributed by atoms with E-state index in [0.717, 1.165) is 16.4 Å². The lowest BCUT2D eigenvalue weighted by Gasteiger charge is -2.04. The summed E-state index contributed by atoms with van der Waals surface area (Å²) in [5.74, 6) is 0.652. The van der Waals surface area contributed by atoms with Crippen molar-refractivity contribution in [2.45, 2.75) is 6.54 Å². The van der Waals surface area contributed by atoms with Gasteiger partial charge in [-0.2, -0.15) is 9.61 Å². The molecule has 0 aliphatic rings. The zero-order chi connectivity index (χ0) is 14.1. The van der Waals surface area contributed by atoms with Crippen molar-refractivity contribution in [1.29, 1.82) is 0 Å². The molecule has 1 N–H and O–H groups in total. The minimum atomic E-state index is 0.652. The Bertz CT molecular complexity index is 898. The van der Waals surface area contributed by atoms with Crippen LogP contribution in [0, 0.1) is 0 Å². The van der Waals surface area contributed by atoms with Gasteiger partial charge in [0.15, 0.2) is 5.65 Å². The number of anilines is 1. The molecule has 0 saturated heterocycles. The Kier molecular flexibility index (Phi) is 2.74. The van der Waals surface area contributed by atoms with Gasteiger partial charge in [0.05, 0.1) is 6.20 Å². The van der Waals surface area contributed by atoms with Gasteiger partial charge < -0.3 is 5.32 Å². The zero-order valence-corrected chi connectivity index (χ0v) is 11.3. The van der Waals surface area contributed by atoms with Crippen LogP contribution in [0.2, 0.25) is 0 Å². The van der Waals surface area contributed by atoms with Gasteiger partial charge in [-0.3, -0.25) is 0 Å². The minimum Gasteiger partial charge on any atom is -0.349 e. The molecular formula is C16H13N5. The third kappa shape index (κ3) is 2.08. The van der Waals surface area contributed by atoms with Crippen LogP contribution in [0.15, 0.2) is 60.8 Å². The molecule has 0 atom stereocenters. The van der Waals surface area contributed by atoms with Crippen LogP contribution in [0.5, 0.6) is 0 Å². The van der Waals surface area contributed by atoms with Crippen molar-refractivity contribution in [3.63, 3.8) is 0 Å². The molecule has 0 saturated carbocycles. The number of hydrogen-bond acceptors (Lipinski definition) is 4. The molecule has 0 aliphatic heterocycles. The van der Waals surface area contributed by atoms with Gasteiger partial charge in [-0.25, -0.2) is 0 Å². The normalized spacial score (nSPS) is 11.0. The molecule has 21 heavy (non-hydrogen) atoms. The second kappa shape index (κ2) is 4.86. The molecule has 0 aliphatic carbocycles. The van der Waals surface area contributed by atoms with Gasteiger partial charge >= 0.3 is 0 Å². The average Bonchev–Trinajstić information content (AvgIpc) is 2.97. The fraction of sp³-hybridized carbons (Fsp3) is 0.0625. The Morgan fingerprint density at radius 3 is 2.62 bits per heavy atom. The highest BCUT2D eigenvalue weighted by Crippen LogP contribution is 2.18. The van der Waals surface area contributed by atoms with E-state index in [4.69, 9.17) is 0 Å². The zero-order valence-electron chi connectivity index (χ0n) is 11.3. The predicted molar refractivity (Wildman–Crippen MR) is 82.1 cm³/mol. The first kappa shape index (κ1) is 11.8. The third-order valence-electron chi connectivity index (χ3n) is 3.45. The first-order valence-corrected chi connectivity index (χ1v) is 6.79. The molecule has 4 aromatic rings. The van der Waals surface area contributed by atoms with Crippen LogP contribution in [-0.2, 0) is 6.54 Å². The van der Waals surface area contributed by atoms with E-state index in [1.54, 1.807) is 4.52 Å². The molecule has 0 radical (unpaired) electrons. The van der Waals surface area contributed by atoms with Crippen molar-refractivity contribution in [2.75, 3.05) is 5.32 Å². The molecule has 4 rings (SSSR count). The van der Waals surface area contributed by atoms with Crippen molar-refractivity contribution in [2.24, 2.45) is 0 Å². The fourth-order valence-electron chi connectivity index (χ4n) is 2.38. The Morgan fingerprint density at radius 2 is 1.71 bits per heavy atom. The van der Waals surface area contributed by atoms with Gasteiger partial charge in [0, 0.05) is 17.3 Å². The van der Waals surface area contributed by atoms with Crippen LogP contribution in [0.25, 0.3) is 16.4 Å². The predicted octanol–water partition coefficient (Wildman–Crippen LogP) is 2.89. The Morgan fingerprint density at radius 1 is 0.905 bits per heavy atom. The maximum atomic E-state index is 4.41. The Labute approximate surface area is 121 Å². The van der Waals surface area contributed by atoms with Gasteiger partial charge in [-0.1, -0.05) is 54.6 Å². The molecule has 0 amide bonds. The second-order valence-electron chi connectivity index (χ2n) is 4.83. The van der Waals surface area contributed by atoms with Crippen molar-refractivity contribution in [3.8, 4) is 0 Å². The molecule has 0 spiro atoms. The van der Waals surface area contributed by atoms with Crippen LogP contribution >= 0.6 is 0 Å². The monoisotopic (exact) mass is 275 g/mol. The summed E-state index contributed by atoms with van der Waals surface area (Å²) in [5, 5.41) is 18.2. The first-order chi connectivity index (χ1) is 10.4. The topological polar surface area (TPSA) is 55.1 Å². The largest absolute Gasteiger partial charge is 0.349 e. The maximum Gasteiger partial charge on any atom is 0.246 e. The van der Waals surface area contributed by atoms with Crippen LogP contribution in [0.4, 0.5) is 5.95 Å². The molecule has 5 nitrogen and oxygen atoms in total. The van der Waals surface area contributed by atoms with Crippen LogP contribution in [-0.4, -0.2) is 19.8 Å². The summed E-state index contributed by atoms with van der Waals surface area (Å²) in [6.07, 6.45) is 1.83. The molecular weight excluding hydrogens is 262 g/mol. The van der Waals surface area contributed by atoms with Gasteiger partial charge in [0.25, 0.3) is 0 Å². The lowest BCUT2D eigenvalue weighted by atomic mass is 10.2. The van der Waals surface area contributed by atoms with Crippen LogP contribution in [0.3, 0.4) is 0 Å². The van der Waals surface area contributed by atoms with Crippen LogP contribution < -0.4 is 5.32 Å². The smallest absolute Gasteiger partial charge is 0.246 e. The lowest BCUT2D eigenvalue weighted by molar-refractivity contribution is 0.920. The van der Waals surface area contributed by atoms with Crippen LogP contribution in [0.1, 0.15) is 5.56 Å². The van der Waals surface area contributed by atoms with Crippen molar-refractivity contribution < 1.29 is 0 Å². The third-order valence-corrected chi connectivity index (χ3v) is 3.45. The quantitative estimate of drug-likeness (QED) is 0.624. The first-order valence-electron chi connectivity index (χ1n) is 6.79. The fourth-order valence-corrected chi connectivity index (χ4v) is 2.38. The highest BCUT2D eigenvalue weighted by molar-refractivity contribution is 5.93. The SMILES string of the molecule is c1ccc(CNc2nnc3c4ccccc4cnn23)cc1. The maximum absolute atomic E-state index is 4.41. The van der Waals surface area contributed by atoms with E-state index in [1.165, 1.54) is 5.56 Å². The Balaban J connectivity index is 1.72. The van der Waals surface area contributed by atoms with Gasteiger partial charge in [-0.15, -0.1) is 10.2 Å². The van der Waals surface area contributed by atoms with E-state index in [2.05, 4.69) is 32.7 Å². The number of nitrogens with one attached hydrogen (secondary N) is 1. The number of nitrogens with zero attached hydrogens (tertiary/aromatic N) is 4. The van der Waals surface area contributed by atoms with Crippen molar-refractivity contribution in [1.82, 2.24) is 19.8 Å². The van der Waals surface area contributed by atoms with E-state index in [-0.39, 0.29) is 0 Å². The van der Waals surface area contributed by atoms with E-state index in [1.807, 2.05) is 48.7 Å². The lowest BCUT2D eigenvalue weighted by Crippen LogP contribution is -2.04. The highest BCUT2D eigenvalue weighted by Gasteiger charge is 2.09.